The van der Waals surface area contributed by atoms with Crippen LogP contribution in [0.1, 0.15) is 41.3 Å². The molecule has 5 heteroatoms. The van der Waals surface area contributed by atoms with Crippen LogP contribution in [0.15, 0.2) is 42.5 Å². The third-order valence-electron chi connectivity index (χ3n) is 4.27. The second-order valence-electron chi connectivity index (χ2n) is 5.79. The van der Waals surface area contributed by atoms with Gasteiger partial charge in [0.25, 0.3) is 5.91 Å². The fourth-order valence-electron chi connectivity index (χ4n) is 2.85. The lowest BCUT2D eigenvalue weighted by atomic mass is 10.0. The Morgan fingerprint density at radius 1 is 1.25 bits per heavy atom. The van der Waals surface area contributed by atoms with Crippen LogP contribution in [0.25, 0.3) is 0 Å². The van der Waals surface area contributed by atoms with Crippen LogP contribution in [0.2, 0.25) is 0 Å². The van der Waals surface area contributed by atoms with Gasteiger partial charge in [0, 0.05) is 11.3 Å². The number of hydrogen-bond donors (Lipinski definition) is 1. The molecule has 1 aliphatic rings. The molecular weight excluding hydrogens is 306 g/mol. The molecule has 0 spiro atoms. The summed E-state index contributed by atoms with van der Waals surface area (Å²) in [6.45, 7) is 4.64. The summed E-state index contributed by atoms with van der Waals surface area (Å²) < 4.78 is 5.49. The molecule has 2 aromatic carbocycles. The van der Waals surface area contributed by atoms with Crippen LogP contribution < -0.4 is 9.64 Å². The van der Waals surface area contributed by atoms with E-state index < -0.39 is 11.9 Å². The highest BCUT2D eigenvalue weighted by atomic mass is 16.5. The predicted molar refractivity (Wildman–Crippen MR) is 90.6 cm³/mol. The maximum absolute atomic E-state index is 12.6. The number of fused-ring (bicyclic) bond motifs is 1. The standard InChI is InChI=1S/C19H19NO4/c1-3-24-16-8-9-17-14(10-16)11-20(18(17)21)15-6-4-13(5-7-15)12(2)19(22)23/h4-10,12H,3,11H2,1-2H3,(H,22,23). The van der Waals surface area contributed by atoms with Crippen molar-refractivity contribution in [2.75, 3.05) is 11.5 Å². The molecule has 1 atom stereocenters. The number of carbonyl (C=O) groups is 2. The van der Waals surface area contributed by atoms with Gasteiger partial charge in [-0.25, -0.2) is 0 Å². The van der Waals surface area contributed by atoms with E-state index in [1.165, 1.54) is 0 Å². The van der Waals surface area contributed by atoms with E-state index in [1.54, 1.807) is 48.2 Å². The van der Waals surface area contributed by atoms with E-state index >= 15 is 0 Å². The molecule has 0 saturated heterocycles. The van der Waals surface area contributed by atoms with Crippen molar-refractivity contribution >= 4 is 17.6 Å². The number of amides is 1. The third-order valence-corrected chi connectivity index (χ3v) is 4.27. The second kappa shape index (κ2) is 6.35. The Kier molecular flexibility index (Phi) is 4.25. The fraction of sp³-hybridized carbons (Fsp3) is 0.263. The van der Waals surface area contributed by atoms with Crippen LogP contribution in [-0.2, 0) is 11.3 Å². The SMILES string of the molecule is CCOc1ccc2c(c1)CN(c1ccc(C(C)C(=O)O)cc1)C2=O. The second-order valence-corrected chi connectivity index (χ2v) is 5.79. The summed E-state index contributed by atoms with van der Waals surface area (Å²) in [4.78, 5) is 25.3. The van der Waals surface area contributed by atoms with Gasteiger partial charge in [-0.05, 0) is 55.3 Å². The Morgan fingerprint density at radius 2 is 1.96 bits per heavy atom. The summed E-state index contributed by atoms with van der Waals surface area (Å²) in [7, 11) is 0. The molecule has 1 N–H and O–H groups in total. The van der Waals surface area contributed by atoms with Gasteiger partial charge in [-0.3, -0.25) is 9.59 Å². The molecule has 1 amide bonds. The van der Waals surface area contributed by atoms with Crippen molar-refractivity contribution in [2.45, 2.75) is 26.3 Å². The van der Waals surface area contributed by atoms with E-state index in [9.17, 15) is 9.59 Å². The number of rotatable bonds is 5. The highest BCUT2D eigenvalue weighted by molar-refractivity contribution is 6.10. The zero-order valence-corrected chi connectivity index (χ0v) is 13.7. The summed E-state index contributed by atoms with van der Waals surface area (Å²) in [6, 6.07) is 12.6. The molecule has 3 rings (SSSR count). The molecule has 1 aliphatic heterocycles. The molecule has 2 aromatic rings. The summed E-state index contributed by atoms with van der Waals surface area (Å²) in [5.41, 5.74) is 3.10. The maximum atomic E-state index is 12.6. The van der Waals surface area contributed by atoms with Crippen LogP contribution >= 0.6 is 0 Å². The van der Waals surface area contributed by atoms with Crippen molar-refractivity contribution in [3.8, 4) is 5.75 Å². The number of carboxylic acid groups (broad SMARTS) is 1. The first-order valence-electron chi connectivity index (χ1n) is 7.91. The number of aliphatic carboxylic acids is 1. The maximum Gasteiger partial charge on any atom is 0.310 e. The lowest BCUT2D eigenvalue weighted by Crippen LogP contribution is -2.23. The van der Waals surface area contributed by atoms with Gasteiger partial charge >= 0.3 is 5.97 Å². The average molecular weight is 325 g/mol. The molecule has 0 bridgehead atoms. The largest absolute Gasteiger partial charge is 0.494 e. The molecule has 0 radical (unpaired) electrons. The van der Waals surface area contributed by atoms with Gasteiger partial charge in [0.05, 0.1) is 19.1 Å². The first-order chi connectivity index (χ1) is 11.5. The van der Waals surface area contributed by atoms with E-state index in [0.717, 1.165) is 17.0 Å². The van der Waals surface area contributed by atoms with Crippen LogP contribution in [0.4, 0.5) is 5.69 Å². The lowest BCUT2D eigenvalue weighted by molar-refractivity contribution is -0.138. The monoisotopic (exact) mass is 325 g/mol. The van der Waals surface area contributed by atoms with Crippen LogP contribution in [0.3, 0.4) is 0 Å². The number of carbonyl (C=O) groups excluding carboxylic acids is 1. The quantitative estimate of drug-likeness (QED) is 0.914. The van der Waals surface area contributed by atoms with E-state index in [0.29, 0.717) is 24.3 Å². The minimum absolute atomic E-state index is 0.0490. The van der Waals surface area contributed by atoms with Gasteiger partial charge in [-0.2, -0.15) is 0 Å². The number of anilines is 1. The Labute approximate surface area is 140 Å². The van der Waals surface area contributed by atoms with Crippen molar-refractivity contribution < 1.29 is 19.4 Å². The molecule has 0 fully saturated rings. The van der Waals surface area contributed by atoms with Crippen LogP contribution in [-0.4, -0.2) is 23.6 Å². The molecular formula is C19H19NO4. The number of nitrogens with zero attached hydrogens (tertiary/aromatic N) is 1. The molecule has 1 unspecified atom stereocenters. The van der Waals surface area contributed by atoms with E-state index in [1.807, 2.05) is 13.0 Å². The summed E-state index contributed by atoms with van der Waals surface area (Å²) in [6.07, 6.45) is 0. The Balaban J connectivity index is 1.83. The van der Waals surface area contributed by atoms with Crippen molar-refractivity contribution in [3.05, 3.63) is 59.2 Å². The molecule has 0 saturated carbocycles. The molecule has 24 heavy (non-hydrogen) atoms. The van der Waals surface area contributed by atoms with Crippen molar-refractivity contribution in [1.82, 2.24) is 0 Å². The highest BCUT2D eigenvalue weighted by Gasteiger charge is 2.29. The molecule has 0 aromatic heterocycles. The first-order valence-corrected chi connectivity index (χ1v) is 7.91. The van der Waals surface area contributed by atoms with Gasteiger partial charge < -0.3 is 14.7 Å². The Morgan fingerprint density at radius 3 is 2.58 bits per heavy atom. The van der Waals surface area contributed by atoms with Crippen molar-refractivity contribution in [2.24, 2.45) is 0 Å². The normalized spacial score (nSPS) is 14.4. The van der Waals surface area contributed by atoms with Crippen molar-refractivity contribution in [3.63, 3.8) is 0 Å². The zero-order chi connectivity index (χ0) is 17.3. The van der Waals surface area contributed by atoms with E-state index in [2.05, 4.69) is 0 Å². The minimum Gasteiger partial charge on any atom is -0.494 e. The zero-order valence-electron chi connectivity index (χ0n) is 13.7. The molecule has 124 valence electrons. The lowest BCUT2D eigenvalue weighted by Gasteiger charge is -2.16. The van der Waals surface area contributed by atoms with E-state index in [-0.39, 0.29) is 5.91 Å². The number of ether oxygens (including phenoxy) is 1. The average Bonchev–Trinajstić information content (AvgIpc) is 2.91. The minimum atomic E-state index is -0.865. The van der Waals surface area contributed by atoms with Gasteiger partial charge in [0.15, 0.2) is 0 Å². The Hall–Kier alpha value is -2.82. The first kappa shape index (κ1) is 16.1. The summed E-state index contributed by atoms with van der Waals surface area (Å²) in [5.74, 6) is -0.723. The van der Waals surface area contributed by atoms with Crippen LogP contribution in [0, 0.1) is 0 Å². The number of hydrogen-bond acceptors (Lipinski definition) is 3. The Bertz CT molecular complexity index is 782. The summed E-state index contributed by atoms with van der Waals surface area (Å²) in [5, 5.41) is 9.07. The summed E-state index contributed by atoms with van der Waals surface area (Å²) >= 11 is 0. The number of benzene rings is 2. The molecule has 0 aliphatic carbocycles. The highest BCUT2D eigenvalue weighted by Crippen LogP contribution is 2.31. The molecule has 1 heterocycles. The van der Waals surface area contributed by atoms with Gasteiger partial charge in [-0.1, -0.05) is 12.1 Å². The topological polar surface area (TPSA) is 66.8 Å². The molecule has 5 nitrogen and oxygen atoms in total. The van der Waals surface area contributed by atoms with Gasteiger partial charge in [-0.15, -0.1) is 0 Å². The smallest absolute Gasteiger partial charge is 0.310 e. The number of carboxylic acids is 1. The van der Waals surface area contributed by atoms with Crippen molar-refractivity contribution in [1.29, 1.82) is 0 Å². The van der Waals surface area contributed by atoms with Gasteiger partial charge in [0.2, 0.25) is 0 Å². The fourth-order valence-corrected chi connectivity index (χ4v) is 2.85. The van der Waals surface area contributed by atoms with Gasteiger partial charge in [0.1, 0.15) is 5.75 Å². The third kappa shape index (κ3) is 2.85. The predicted octanol–water partition coefficient (Wildman–Crippen LogP) is 3.43. The van der Waals surface area contributed by atoms with Crippen LogP contribution in [0.5, 0.6) is 5.75 Å². The van der Waals surface area contributed by atoms with E-state index in [4.69, 9.17) is 9.84 Å².